The molecule has 1 aromatic rings. The fourth-order valence-electron chi connectivity index (χ4n) is 1.83. The zero-order chi connectivity index (χ0) is 18.3. The van der Waals surface area contributed by atoms with Crippen molar-refractivity contribution in [3.8, 4) is 5.75 Å². The lowest BCUT2D eigenvalue weighted by atomic mass is 10.2. The number of carboxylic acid groups (broad SMARTS) is 1. The predicted octanol–water partition coefficient (Wildman–Crippen LogP) is 2.49. The molecule has 6 nitrogen and oxygen atoms in total. The molecule has 134 valence electrons. The third kappa shape index (κ3) is 6.76. The van der Waals surface area contributed by atoms with Crippen LogP contribution in [0.15, 0.2) is 24.3 Å². The first kappa shape index (κ1) is 19.6. The van der Waals surface area contributed by atoms with Crippen LogP contribution in [0.5, 0.6) is 5.75 Å². The third-order valence-electron chi connectivity index (χ3n) is 3.11. The van der Waals surface area contributed by atoms with Crippen molar-refractivity contribution in [2.24, 2.45) is 5.92 Å². The fraction of sp³-hybridized carbons (Fsp3) is 0.467. The molecule has 0 aliphatic heterocycles. The Morgan fingerprint density at radius 3 is 2.54 bits per heavy atom. The van der Waals surface area contributed by atoms with Gasteiger partial charge in [0.05, 0.1) is 5.92 Å². The average molecular weight is 348 g/mol. The average Bonchev–Trinajstić information content (AvgIpc) is 2.50. The Morgan fingerprint density at radius 2 is 1.96 bits per heavy atom. The van der Waals surface area contributed by atoms with E-state index in [-0.39, 0.29) is 18.8 Å². The molecule has 0 saturated heterocycles. The number of aliphatic carboxylic acids is 1. The fourth-order valence-corrected chi connectivity index (χ4v) is 1.83. The van der Waals surface area contributed by atoms with Crippen LogP contribution in [0.25, 0.3) is 0 Å². The van der Waals surface area contributed by atoms with E-state index in [1.54, 1.807) is 6.07 Å². The van der Waals surface area contributed by atoms with E-state index in [0.717, 1.165) is 0 Å². The van der Waals surface area contributed by atoms with Gasteiger partial charge in [0.25, 0.3) is 0 Å². The van der Waals surface area contributed by atoms with E-state index in [0.29, 0.717) is 5.56 Å². The Labute approximate surface area is 137 Å². The Kier molecular flexibility index (Phi) is 6.87. The zero-order valence-corrected chi connectivity index (χ0v) is 13.3. The second-order valence-electron chi connectivity index (χ2n) is 5.29. The highest BCUT2D eigenvalue weighted by Gasteiger charge is 2.28. The standard InChI is InChI=1S/C15H19F3N2O4/c1-10(13(21)22)8-20(2)14(23)19-7-11-5-3-4-6-12(11)24-9-15(16,17)18/h3-6,10H,7-9H2,1-2H3,(H,19,23)(H,21,22). The van der Waals surface area contributed by atoms with Gasteiger partial charge in [-0.05, 0) is 6.07 Å². The second kappa shape index (κ2) is 8.42. The highest BCUT2D eigenvalue weighted by Crippen LogP contribution is 2.22. The van der Waals surface area contributed by atoms with E-state index >= 15 is 0 Å². The van der Waals surface area contributed by atoms with Gasteiger partial charge in [-0.25, -0.2) is 4.79 Å². The number of carbonyl (C=O) groups excluding carboxylic acids is 1. The van der Waals surface area contributed by atoms with Gasteiger partial charge in [-0.2, -0.15) is 13.2 Å². The number of halogens is 3. The van der Waals surface area contributed by atoms with Crippen molar-refractivity contribution in [2.75, 3.05) is 20.2 Å². The van der Waals surface area contributed by atoms with Gasteiger partial charge in [-0.3, -0.25) is 4.79 Å². The number of benzene rings is 1. The van der Waals surface area contributed by atoms with Gasteiger partial charge in [0.1, 0.15) is 5.75 Å². The molecule has 1 unspecified atom stereocenters. The molecule has 1 aromatic carbocycles. The Balaban J connectivity index is 2.60. The minimum Gasteiger partial charge on any atom is -0.484 e. The number of hydrogen-bond donors (Lipinski definition) is 2. The van der Waals surface area contributed by atoms with Crippen molar-refractivity contribution in [2.45, 2.75) is 19.6 Å². The maximum atomic E-state index is 12.2. The van der Waals surface area contributed by atoms with Gasteiger partial charge in [0.2, 0.25) is 0 Å². The van der Waals surface area contributed by atoms with Crippen molar-refractivity contribution in [3.63, 3.8) is 0 Å². The summed E-state index contributed by atoms with van der Waals surface area (Å²) in [5, 5.41) is 11.3. The largest absolute Gasteiger partial charge is 0.484 e. The summed E-state index contributed by atoms with van der Waals surface area (Å²) in [5.41, 5.74) is 0.384. The predicted molar refractivity (Wildman–Crippen MR) is 79.7 cm³/mol. The van der Waals surface area contributed by atoms with E-state index in [9.17, 15) is 22.8 Å². The number of rotatable bonds is 7. The normalized spacial score (nSPS) is 12.4. The molecule has 0 aromatic heterocycles. The van der Waals surface area contributed by atoms with Crippen LogP contribution in [0.2, 0.25) is 0 Å². The van der Waals surface area contributed by atoms with Crippen LogP contribution in [-0.2, 0) is 11.3 Å². The van der Waals surface area contributed by atoms with Crippen LogP contribution in [0, 0.1) is 5.92 Å². The zero-order valence-electron chi connectivity index (χ0n) is 13.3. The van der Waals surface area contributed by atoms with Crippen molar-refractivity contribution in [1.82, 2.24) is 10.2 Å². The molecule has 0 saturated carbocycles. The number of nitrogens with zero attached hydrogens (tertiary/aromatic N) is 1. The number of urea groups is 1. The monoisotopic (exact) mass is 348 g/mol. The maximum Gasteiger partial charge on any atom is 0.422 e. The van der Waals surface area contributed by atoms with Crippen molar-refractivity contribution in [3.05, 3.63) is 29.8 Å². The molecule has 0 spiro atoms. The lowest BCUT2D eigenvalue weighted by Gasteiger charge is -2.20. The van der Waals surface area contributed by atoms with E-state index in [4.69, 9.17) is 9.84 Å². The van der Waals surface area contributed by atoms with E-state index in [1.807, 2.05) is 0 Å². The van der Waals surface area contributed by atoms with Crippen LogP contribution in [-0.4, -0.2) is 48.4 Å². The molecule has 0 heterocycles. The molecular weight excluding hydrogens is 329 g/mol. The Morgan fingerprint density at radius 1 is 1.33 bits per heavy atom. The minimum atomic E-state index is -4.45. The quantitative estimate of drug-likeness (QED) is 0.793. The van der Waals surface area contributed by atoms with Crippen LogP contribution in [0.4, 0.5) is 18.0 Å². The van der Waals surface area contributed by atoms with E-state index in [1.165, 1.54) is 37.1 Å². The number of carboxylic acids is 1. The summed E-state index contributed by atoms with van der Waals surface area (Å²) < 4.78 is 41.4. The summed E-state index contributed by atoms with van der Waals surface area (Å²) in [6.45, 7) is 0.00637. The number of carbonyl (C=O) groups is 2. The summed E-state index contributed by atoms with van der Waals surface area (Å²) in [7, 11) is 1.43. The summed E-state index contributed by atoms with van der Waals surface area (Å²) in [6.07, 6.45) is -4.45. The van der Waals surface area contributed by atoms with Crippen molar-refractivity contribution >= 4 is 12.0 Å². The Bertz CT molecular complexity index is 578. The van der Waals surface area contributed by atoms with Gasteiger partial charge in [0, 0.05) is 25.7 Å². The van der Waals surface area contributed by atoms with Gasteiger partial charge in [0.15, 0.2) is 6.61 Å². The van der Waals surface area contributed by atoms with Crippen LogP contribution >= 0.6 is 0 Å². The summed E-state index contributed by atoms with van der Waals surface area (Å²) in [4.78, 5) is 23.9. The molecule has 2 N–H and O–H groups in total. The highest BCUT2D eigenvalue weighted by molar-refractivity contribution is 5.75. The number of alkyl halides is 3. The number of para-hydroxylation sites is 1. The molecule has 0 aliphatic rings. The number of nitrogens with one attached hydrogen (secondary N) is 1. The molecule has 1 rings (SSSR count). The lowest BCUT2D eigenvalue weighted by molar-refractivity contribution is -0.153. The van der Waals surface area contributed by atoms with Crippen molar-refractivity contribution in [1.29, 1.82) is 0 Å². The smallest absolute Gasteiger partial charge is 0.422 e. The number of ether oxygens (including phenoxy) is 1. The van der Waals surface area contributed by atoms with Gasteiger partial charge in [-0.15, -0.1) is 0 Å². The third-order valence-corrected chi connectivity index (χ3v) is 3.11. The van der Waals surface area contributed by atoms with Gasteiger partial charge in [-0.1, -0.05) is 25.1 Å². The first-order valence-corrected chi connectivity index (χ1v) is 7.09. The van der Waals surface area contributed by atoms with E-state index < -0.39 is 30.7 Å². The first-order chi connectivity index (χ1) is 11.1. The molecule has 9 heteroatoms. The summed E-state index contributed by atoms with van der Waals surface area (Å²) >= 11 is 0. The van der Waals surface area contributed by atoms with Crippen LogP contribution < -0.4 is 10.1 Å². The molecule has 0 fully saturated rings. The van der Waals surface area contributed by atoms with Crippen molar-refractivity contribution < 1.29 is 32.6 Å². The molecular formula is C15H19F3N2O4. The Hall–Kier alpha value is -2.45. The lowest BCUT2D eigenvalue weighted by Crippen LogP contribution is -2.40. The number of amides is 2. The van der Waals surface area contributed by atoms with Gasteiger partial charge < -0.3 is 20.1 Å². The molecule has 0 radical (unpaired) electrons. The van der Waals surface area contributed by atoms with Gasteiger partial charge >= 0.3 is 18.2 Å². The van der Waals surface area contributed by atoms with Crippen LogP contribution in [0.3, 0.4) is 0 Å². The SMILES string of the molecule is CC(CN(C)C(=O)NCc1ccccc1OCC(F)(F)F)C(=O)O. The molecule has 2 amide bonds. The number of hydrogen-bond acceptors (Lipinski definition) is 3. The topological polar surface area (TPSA) is 78.9 Å². The summed E-state index contributed by atoms with van der Waals surface area (Å²) in [5.74, 6) is -1.74. The van der Waals surface area contributed by atoms with E-state index in [2.05, 4.69) is 5.32 Å². The minimum absolute atomic E-state index is 0.00733. The highest BCUT2D eigenvalue weighted by atomic mass is 19.4. The molecule has 24 heavy (non-hydrogen) atoms. The van der Waals surface area contributed by atoms with Crippen LogP contribution in [0.1, 0.15) is 12.5 Å². The molecule has 0 bridgehead atoms. The second-order valence-corrected chi connectivity index (χ2v) is 5.29. The summed E-state index contributed by atoms with van der Waals surface area (Å²) in [6, 6.07) is 5.51. The molecule has 0 aliphatic carbocycles. The maximum absolute atomic E-state index is 12.2. The molecule has 1 atom stereocenters. The first-order valence-electron chi connectivity index (χ1n) is 7.09.